The van der Waals surface area contributed by atoms with Crippen LogP contribution in [0.1, 0.15) is 19.9 Å². The first-order chi connectivity index (χ1) is 7.33. The molecule has 0 bridgehead atoms. The molecule has 0 aliphatic heterocycles. The van der Waals surface area contributed by atoms with Crippen LogP contribution in [0.4, 0.5) is 0 Å². The highest BCUT2D eigenvalue weighted by atomic mass is 32.2. The molecule has 0 spiro atoms. The summed E-state index contributed by atoms with van der Waals surface area (Å²) in [6, 6.07) is 0.261. The van der Waals surface area contributed by atoms with E-state index < -0.39 is 0 Å². The van der Waals surface area contributed by atoms with Crippen LogP contribution in [-0.4, -0.2) is 20.7 Å². The van der Waals surface area contributed by atoms with E-state index in [2.05, 4.69) is 43.4 Å². The molecule has 0 aromatic carbocycles. The van der Waals surface area contributed by atoms with Gasteiger partial charge in [-0.2, -0.15) is 11.8 Å². The van der Waals surface area contributed by atoms with Crippen LogP contribution in [0.25, 0.3) is 0 Å². The Morgan fingerprint density at radius 2 is 2.33 bits per heavy atom. The summed E-state index contributed by atoms with van der Waals surface area (Å²) >= 11 is 1.87. The zero-order chi connectivity index (χ0) is 10.7. The number of hydrogen-bond acceptors (Lipinski definition) is 3. The fourth-order valence-electron chi connectivity index (χ4n) is 1.62. The number of hydrogen-bond donors (Lipinski definition) is 0. The van der Waals surface area contributed by atoms with Gasteiger partial charge in [-0.05, 0) is 31.9 Å². The maximum absolute atomic E-state index is 4.03. The van der Waals surface area contributed by atoms with E-state index in [4.69, 9.17) is 0 Å². The van der Waals surface area contributed by atoms with Crippen LogP contribution >= 0.6 is 11.8 Å². The Morgan fingerprint density at radius 3 is 3.00 bits per heavy atom. The molecule has 0 unspecified atom stereocenters. The van der Waals surface area contributed by atoms with Crippen LogP contribution in [0.3, 0.4) is 0 Å². The molecule has 0 N–H and O–H groups in total. The van der Waals surface area contributed by atoms with Crippen LogP contribution in [0.5, 0.6) is 0 Å². The molecule has 5 radical (unpaired) electrons. The summed E-state index contributed by atoms with van der Waals surface area (Å²) in [5.41, 5.74) is 0. The second-order valence-corrected chi connectivity index (χ2v) is 4.64. The molecule has 0 amide bonds. The van der Waals surface area contributed by atoms with Crippen molar-refractivity contribution >= 4 is 11.8 Å². The standard InChI is InChI=1S/C11H14N3S/c1-3-15-11-6-4-5-10(11)9(2)14-8-7-12-13-14/h4-9H,3H2,1-2H3/t9-/m0/s1. The molecule has 1 aromatic heterocycles. The Labute approximate surface area is 95.6 Å². The Hall–Kier alpha value is -0.510. The van der Waals surface area contributed by atoms with E-state index in [1.807, 2.05) is 22.6 Å². The van der Waals surface area contributed by atoms with Crippen molar-refractivity contribution in [3.05, 3.63) is 42.8 Å². The van der Waals surface area contributed by atoms with E-state index in [1.165, 1.54) is 11.2 Å². The monoisotopic (exact) mass is 220 g/mol. The van der Waals surface area contributed by atoms with Crippen LogP contribution in [0.2, 0.25) is 0 Å². The molecule has 1 aromatic rings. The second kappa shape index (κ2) is 5.01. The number of rotatable bonds is 4. The lowest BCUT2D eigenvalue weighted by Gasteiger charge is -2.23. The Kier molecular flexibility index (Phi) is 3.67. The highest BCUT2D eigenvalue weighted by Crippen LogP contribution is 2.46. The van der Waals surface area contributed by atoms with E-state index in [-0.39, 0.29) is 6.04 Å². The molecule has 1 aliphatic carbocycles. The van der Waals surface area contributed by atoms with Crippen molar-refractivity contribution in [2.45, 2.75) is 19.9 Å². The first-order valence-corrected chi connectivity index (χ1v) is 6.05. The molecule has 1 fully saturated rings. The van der Waals surface area contributed by atoms with Crippen LogP contribution in [-0.2, 0) is 0 Å². The summed E-state index contributed by atoms with van der Waals surface area (Å²) in [4.78, 5) is 0. The quantitative estimate of drug-likeness (QED) is 0.780. The molecule has 15 heavy (non-hydrogen) atoms. The van der Waals surface area contributed by atoms with Gasteiger partial charge < -0.3 is 0 Å². The third kappa shape index (κ3) is 2.36. The first kappa shape index (κ1) is 11.0. The molecule has 1 heterocycles. The summed E-state index contributed by atoms with van der Waals surface area (Å²) in [5.74, 6) is 2.42. The van der Waals surface area contributed by atoms with Crippen LogP contribution in [0.15, 0.2) is 12.4 Å². The smallest absolute Gasteiger partial charge is 0.0693 e. The van der Waals surface area contributed by atoms with Crippen molar-refractivity contribution in [1.82, 2.24) is 15.0 Å². The first-order valence-electron chi connectivity index (χ1n) is 5.07. The molecule has 1 saturated carbocycles. The van der Waals surface area contributed by atoms with Crippen molar-refractivity contribution in [3.8, 4) is 0 Å². The van der Waals surface area contributed by atoms with Crippen molar-refractivity contribution in [1.29, 1.82) is 0 Å². The van der Waals surface area contributed by atoms with Gasteiger partial charge in [-0.25, -0.2) is 4.68 Å². The highest BCUT2D eigenvalue weighted by Gasteiger charge is 2.34. The highest BCUT2D eigenvalue weighted by molar-refractivity contribution is 8.02. The molecule has 4 heteroatoms. The molecule has 1 atom stereocenters. The molecule has 3 nitrogen and oxygen atoms in total. The second-order valence-electron chi connectivity index (χ2n) is 3.34. The van der Waals surface area contributed by atoms with Crippen LogP contribution in [0, 0.1) is 30.4 Å². The van der Waals surface area contributed by atoms with Crippen molar-refractivity contribution in [2.24, 2.45) is 0 Å². The zero-order valence-corrected chi connectivity index (χ0v) is 9.74. The molecule has 0 saturated heterocycles. The number of nitrogens with zero attached hydrogens (tertiary/aromatic N) is 3. The lowest BCUT2D eigenvalue weighted by atomic mass is 10.00. The summed E-state index contributed by atoms with van der Waals surface area (Å²) in [7, 11) is 0. The Bertz CT molecular complexity index is 286. The van der Waals surface area contributed by atoms with Crippen molar-refractivity contribution < 1.29 is 0 Å². The molecule has 1 aliphatic rings. The summed E-state index contributed by atoms with van der Waals surface area (Å²) < 4.78 is 1.88. The average Bonchev–Trinajstić information content (AvgIpc) is 2.87. The van der Waals surface area contributed by atoms with Gasteiger partial charge in [0.2, 0.25) is 0 Å². The maximum atomic E-state index is 4.03. The van der Waals surface area contributed by atoms with Gasteiger partial charge in [0.1, 0.15) is 0 Å². The normalized spacial score (nSPS) is 20.9. The molecular weight excluding hydrogens is 206 g/mol. The zero-order valence-electron chi connectivity index (χ0n) is 8.92. The minimum Gasteiger partial charge on any atom is -0.249 e. The van der Waals surface area contributed by atoms with Gasteiger partial charge in [0.05, 0.1) is 12.2 Å². The SMILES string of the molecule is CCS[C]1[CH][CH][CH][C]1[C@H](C)n1ccnn1. The van der Waals surface area contributed by atoms with Gasteiger partial charge in [0, 0.05) is 17.4 Å². The lowest BCUT2D eigenvalue weighted by Crippen LogP contribution is -2.17. The summed E-state index contributed by atoms with van der Waals surface area (Å²) in [6.07, 6.45) is 10.0. The Balaban J connectivity index is 2.03. The third-order valence-electron chi connectivity index (χ3n) is 2.40. The topological polar surface area (TPSA) is 30.7 Å². The van der Waals surface area contributed by atoms with Gasteiger partial charge >= 0.3 is 0 Å². The fourth-order valence-corrected chi connectivity index (χ4v) is 2.51. The average molecular weight is 220 g/mol. The van der Waals surface area contributed by atoms with Gasteiger partial charge in [0.15, 0.2) is 0 Å². The fraction of sp³-hybridized carbons (Fsp3) is 0.364. The Morgan fingerprint density at radius 1 is 1.47 bits per heavy atom. The summed E-state index contributed by atoms with van der Waals surface area (Å²) in [5, 5.41) is 9.21. The van der Waals surface area contributed by atoms with E-state index in [0.717, 1.165) is 5.75 Å². The molecule has 2 rings (SSSR count). The number of thioether (sulfide) groups is 1. The predicted octanol–water partition coefficient (Wildman–Crippen LogP) is 2.33. The number of aromatic nitrogens is 3. The van der Waals surface area contributed by atoms with Crippen molar-refractivity contribution in [2.75, 3.05) is 5.75 Å². The predicted molar refractivity (Wildman–Crippen MR) is 62.3 cm³/mol. The molecular formula is C11H14N3S. The van der Waals surface area contributed by atoms with Gasteiger partial charge in [-0.15, -0.1) is 5.10 Å². The molecule has 79 valence electrons. The summed E-state index contributed by atoms with van der Waals surface area (Å²) in [6.45, 7) is 4.31. The van der Waals surface area contributed by atoms with Gasteiger partial charge in [-0.3, -0.25) is 0 Å². The van der Waals surface area contributed by atoms with Crippen LogP contribution < -0.4 is 0 Å². The van der Waals surface area contributed by atoms with E-state index in [1.54, 1.807) is 6.20 Å². The van der Waals surface area contributed by atoms with E-state index in [9.17, 15) is 0 Å². The minimum atomic E-state index is 0.261. The largest absolute Gasteiger partial charge is 0.249 e. The van der Waals surface area contributed by atoms with Gasteiger partial charge in [-0.1, -0.05) is 12.1 Å². The minimum absolute atomic E-state index is 0.261. The van der Waals surface area contributed by atoms with E-state index >= 15 is 0 Å². The maximum Gasteiger partial charge on any atom is 0.0693 e. The van der Waals surface area contributed by atoms with E-state index in [0.29, 0.717) is 0 Å². The third-order valence-corrected chi connectivity index (χ3v) is 3.37. The van der Waals surface area contributed by atoms with Gasteiger partial charge in [0.25, 0.3) is 0 Å². The van der Waals surface area contributed by atoms with Crippen molar-refractivity contribution in [3.63, 3.8) is 0 Å². The lowest BCUT2D eigenvalue weighted by molar-refractivity contribution is 0.506.